The third-order valence-electron chi connectivity index (χ3n) is 4.30. The average Bonchev–Trinajstić information content (AvgIpc) is 2.93. The molecule has 2 aromatic carbocycles. The molecule has 1 N–H and O–H groups in total. The lowest BCUT2D eigenvalue weighted by Gasteiger charge is -2.26. The molecule has 0 aliphatic carbocycles. The van der Waals surface area contributed by atoms with Crippen molar-refractivity contribution in [2.75, 3.05) is 6.54 Å². The molecule has 0 radical (unpaired) electrons. The van der Waals surface area contributed by atoms with Gasteiger partial charge in [0, 0.05) is 40.6 Å². The number of H-pyrrole nitrogens is 1. The molecular formula is C17H15BrN2O2S. The van der Waals surface area contributed by atoms with Gasteiger partial charge in [0.15, 0.2) is 0 Å². The second-order valence-electron chi connectivity index (χ2n) is 5.67. The molecule has 1 aliphatic heterocycles. The summed E-state index contributed by atoms with van der Waals surface area (Å²) in [5, 5.41) is 1.11. The lowest BCUT2D eigenvalue weighted by Crippen LogP contribution is -2.35. The Morgan fingerprint density at radius 3 is 2.57 bits per heavy atom. The summed E-state index contributed by atoms with van der Waals surface area (Å²) in [6, 6.07) is 14.8. The quantitative estimate of drug-likeness (QED) is 0.725. The molecule has 0 saturated heterocycles. The number of nitrogens with one attached hydrogen (secondary N) is 1. The van der Waals surface area contributed by atoms with Gasteiger partial charge in [0.2, 0.25) is 10.0 Å². The third-order valence-corrected chi connectivity index (χ3v) is 6.69. The fourth-order valence-corrected chi connectivity index (χ4v) is 4.78. The predicted octanol–water partition coefficient (Wildman–Crippen LogP) is 3.68. The van der Waals surface area contributed by atoms with E-state index in [4.69, 9.17) is 0 Å². The largest absolute Gasteiger partial charge is 0.358 e. The molecule has 4 nitrogen and oxygen atoms in total. The van der Waals surface area contributed by atoms with Crippen LogP contribution in [-0.2, 0) is 23.0 Å². The van der Waals surface area contributed by atoms with Gasteiger partial charge in [0.1, 0.15) is 0 Å². The number of sulfonamides is 1. The smallest absolute Gasteiger partial charge is 0.243 e. The number of aromatic amines is 1. The molecule has 6 heteroatoms. The minimum absolute atomic E-state index is 0.337. The standard InChI is InChI=1S/C17H15BrN2O2S/c18-12-5-7-13(8-6-12)23(21,22)20-10-9-17-15(11-20)14-3-1-2-4-16(14)19-17/h1-8,19H,9-11H2. The number of para-hydroxylation sites is 1. The average molecular weight is 391 g/mol. The maximum absolute atomic E-state index is 12.9. The van der Waals surface area contributed by atoms with Crippen LogP contribution in [0.25, 0.3) is 10.9 Å². The molecular weight excluding hydrogens is 376 g/mol. The van der Waals surface area contributed by atoms with E-state index < -0.39 is 10.0 Å². The highest BCUT2D eigenvalue weighted by Crippen LogP contribution is 2.30. The van der Waals surface area contributed by atoms with Crippen molar-refractivity contribution < 1.29 is 8.42 Å². The molecule has 118 valence electrons. The highest BCUT2D eigenvalue weighted by atomic mass is 79.9. The van der Waals surface area contributed by atoms with E-state index in [1.54, 1.807) is 28.6 Å². The van der Waals surface area contributed by atoms with Crippen LogP contribution < -0.4 is 0 Å². The topological polar surface area (TPSA) is 53.2 Å². The van der Waals surface area contributed by atoms with E-state index in [1.165, 1.54) is 0 Å². The van der Waals surface area contributed by atoms with E-state index in [9.17, 15) is 8.42 Å². The Morgan fingerprint density at radius 2 is 1.78 bits per heavy atom. The van der Waals surface area contributed by atoms with Crippen LogP contribution in [0.3, 0.4) is 0 Å². The van der Waals surface area contributed by atoms with Crippen LogP contribution in [0.4, 0.5) is 0 Å². The molecule has 23 heavy (non-hydrogen) atoms. The molecule has 1 aromatic heterocycles. The highest BCUT2D eigenvalue weighted by molar-refractivity contribution is 9.10. The van der Waals surface area contributed by atoms with Gasteiger partial charge in [-0.2, -0.15) is 4.31 Å². The zero-order valence-electron chi connectivity index (χ0n) is 12.3. The Balaban J connectivity index is 1.73. The molecule has 1 aliphatic rings. The summed E-state index contributed by atoms with van der Waals surface area (Å²) in [7, 11) is -3.47. The van der Waals surface area contributed by atoms with Crippen LogP contribution in [0, 0.1) is 0 Å². The maximum atomic E-state index is 12.9. The van der Waals surface area contributed by atoms with Crippen LogP contribution in [0.5, 0.6) is 0 Å². The van der Waals surface area contributed by atoms with E-state index in [0.717, 1.165) is 26.6 Å². The fourth-order valence-electron chi connectivity index (χ4n) is 3.10. The van der Waals surface area contributed by atoms with Crippen LogP contribution in [0.2, 0.25) is 0 Å². The van der Waals surface area contributed by atoms with Crippen molar-refractivity contribution in [1.82, 2.24) is 9.29 Å². The molecule has 3 aromatic rings. The second-order valence-corrected chi connectivity index (χ2v) is 8.52. The summed E-state index contributed by atoms with van der Waals surface area (Å²) in [4.78, 5) is 3.74. The predicted molar refractivity (Wildman–Crippen MR) is 93.7 cm³/mol. The molecule has 0 saturated carbocycles. The molecule has 0 unspecified atom stereocenters. The molecule has 0 spiro atoms. The zero-order valence-corrected chi connectivity index (χ0v) is 14.7. The van der Waals surface area contributed by atoms with Gasteiger partial charge in [0.05, 0.1) is 4.90 Å². The summed E-state index contributed by atoms with van der Waals surface area (Å²) >= 11 is 3.34. The van der Waals surface area contributed by atoms with Crippen molar-refractivity contribution in [3.05, 3.63) is 64.3 Å². The number of halogens is 1. The number of nitrogens with zero attached hydrogens (tertiary/aromatic N) is 1. The number of fused-ring (bicyclic) bond motifs is 3. The first-order chi connectivity index (χ1) is 11.1. The minimum Gasteiger partial charge on any atom is -0.358 e. The Labute approximate surface area is 143 Å². The molecule has 2 heterocycles. The van der Waals surface area contributed by atoms with E-state index in [-0.39, 0.29) is 0 Å². The Bertz CT molecular complexity index is 978. The van der Waals surface area contributed by atoms with E-state index in [2.05, 4.69) is 20.9 Å². The van der Waals surface area contributed by atoms with Gasteiger partial charge < -0.3 is 4.98 Å². The first-order valence-electron chi connectivity index (χ1n) is 7.40. The number of benzene rings is 2. The molecule has 0 bridgehead atoms. The molecule has 4 rings (SSSR count). The zero-order chi connectivity index (χ0) is 16.0. The molecule has 0 atom stereocenters. The van der Waals surface area contributed by atoms with Gasteiger partial charge in [-0.1, -0.05) is 34.1 Å². The van der Waals surface area contributed by atoms with Gasteiger partial charge in [-0.25, -0.2) is 8.42 Å². The summed E-state index contributed by atoms with van der Waals surface area (Å²) < 4.78 is 28.2. The molecule has 0 amide bonds. The maximum Gasteiger partial charge on any atom is 0.243 e. The second kappa shape index (κ2) is 5.47. The van der Waals surface area contributed by atoms with Gasteiger partial charge in [-0.05, 0) is 35.9 Å². The van der Waals surface area contributed by atoms with Crippen molar-refractivity contribution in [3.8, 4) is 0 Å². The summed E-state index contributed by atoms with van der Waals surface area (Å²) in [6.45, 7) is 0.913. The molecule has 0 fully saturated rings. The van der Waals surface area contributed by atoms with E-state index >= 15 is 0 Å². The van der Waals surface area contributed by atoms with Crippen LogP contribution in [-0.4, -0.2) is 24.3 Å². The van der Waals surface area contributed by atoms with Crippen molar-refractivity contribution in [1.29, 1.82) is 0 Å². The first kappa shape index (κ1) is 14.9. The van der Waals surface area contributed by atoms with Crippen LogP contribution in [0.1, 0.15) is 11.3 Å². The van der Waals surface area contributed by atoms with Gasteiger partial charge in [-0.15, -0.1) is 0 Å². The summed E-state index contributed by atoms with van der Waals surface area (Å²) in [5.41, 5.74) is 3.31. The number of hydrogen-bond donors (Lipinski definition) is 1. The monoisotopic (exact) mass is 390 g/mol. The Morgan fingerprint density at radius 1 is 1.04 bits per heavy atom. The van der Waals surface area contributed by atoms with Crippen molar-refractivity contribution in [2.45, 2.75) is 17.9 Å². The first-order valence-corrected chi connectivity index (χ1v) is 9.63. The minimum atomic E-state index is -3.47. The van der Waals surface area contributed by atoms with Gasteiger partial charge in [0.25, 0.3) is 0 Å². The lowest BCUT2D eigenvalue weighted by atomic mass is 10.1. The van der Waals surface area contributed by atoms with E-state index in [0.29, 0.717) is 24.4 Å². The van der Waals surface area contributed by atoms with Crippen molar-refractivity contribution in [3.63, 3.8) is 0 Å². The SMILES string of the molecule is O=S(=O)(c1ccc(Br)cc1)N1CCc2[nH]c3ccccc3c2C1. The third kappa shape index (κ3) is 2.51. The normalized spacial score (nSPS) is 15.7. The number of aromatic nitrogens is 1. The summed E-state index contributed by atoms with van der Waals surface area (Å²) in [6.07, 6.45) is 0.708. The van der Waals surface area contributed by atoms with Crippen molar-refractivity contribution in [2.24, 2.45) is 0 Å². The fraction of sp³-hybridized carbons (Fsp3) is 0.176. The number of rotatable bonds is 2. The Kier molecular flexibility index (Phi) is 3.55. The lowest BCUT2D eigenvalue weighted by molar-refractivity contribution is 0.391. The van der Waals surface area contributed by atoms with Gasteiger partial charge >= 0.3 is 0 Å². The van der Waals surface area contributed by atoms with E-state index in [1.807, 2.05) is 24.3 Å². The highest BCUT2D eigenvalue weighted by Gasteiger charge is 2.30. The van der Waals surface area contributed by atoms with Crippen molar-refractivity contribution >= 4 is 36.9 Å². The van der Waals surface area contributed by atoms with Crippen LogP contribution >= 0.6 is 15.9 Å². The number of hydrogen-bond acceptors (Lipinski definition) is 2. The van der Waals surface area contributed by atoms with Gasteiger partial charge in [-0.3, -0.25) is 0 Å². The summed E-state index contributed by atoms with van der Waals surface area (Å²) in [5.74, 6) is 0. The van der Waals surface area contributed by atoms with Crippen LogP contribution in [0.15, 0.2) is 57.9 Å². The Hall–Kier alpha value is -1.63.